The molecule has 1 aromatic carbocycles. The van der Waals surface area contributed by atoms with E-state index in [2.05, 4.69) is 20.9 Å². The Kier molecular flexibility index (Phi) is 14.9. The number of sulfone groups is 1. The SMILES string of the molecule is CCCCS(=O)(=O)CC(NC(=O)c1ccccn1)C(=O)N[C@@H](Cc1ccccc1)[C@@H](O)[C@H](O)[C@H](C(=O)NCC(C)C)C(C)C. The van der Waals surface area contributed by atoms with Gasteiger partial charge in [0.2, 0.25) is 11.8 Å². The number of carbonyl (C=O) groups is 3. The molecule has 1 aromatic heterocycles. The molecule has 0 aliphatic heterocycles. The minimum atomic E-state index is -3.76. The summed E-state index contributed by atoms with van der Waals surface area (Å²) in [5.41, 5.74) is 0.721. The highest BCUT2D eigenvalue weighted by Gasteiger charge is 2.39. The van der Waals surface area contributed by atoms with Crippen LogP contribution in [0.1, 0.15) is 63.5 Å². The van der Waals surface area contributed by atoms with Crippen molar-refractivity contribution in [1.29, 1.82) is 0 Å². The Morgan fingerprint density at radius 2 is 1.55 bits per heavy atom. The van der Waals surface area contributed by atoms with Crippen LogP contribution in [0.4, 0.5) is 0 Å². The van der Waals surface area contributed by atoms with E-state index in [-0.39, 0.29) is 29.7 Å². The van der Waals surface area contributed by atoms with Gasteiger partial charge in [0.05, 0.1) is 29.6 Å². The summed E-state index contributed by atoms with van der Waals surface area (Å²) < 4.78 is 25.8. The fourth-order valence-corrected chi connectivity index (χ4v) is 6.39. The Balaban J connectivity index is 2.41. The van der Waals surface area contributed by atoms with Crippen LogP contribution in [0.5, 0.6) is 0 Å². The molecule has 5 atom stereocenters. The van der Waals surface area contributed by atoms with Crippen molar-refractivity contribution in [3.05, 3.63) is 66.0 Å². The van der Waals surface area contributed by atoms with Crippen molar-refractivity contribution in [2.75, 3.05) is 18.1 Å². The quantitative estimate of drug-likeness (QED) is 0.166. The molecule has 1 unspecified atom stereocenters. The molecule has 44 heavy (non-hydrogen) atoms. The van der Waals surface area contributed by atoms with E-state index in [4.69, 9.17) is 0 Å². The van der Waals surface area contributed by atoms with Crippen molar-refractivity contribution in [3.63, 3.8) is 0 Å². The fraction of sp³-hybridized carbons (Fsp3) is 0.562. The second-order valence-corrected chi connectivity index (χ2v) is 14.1. The predicted octanol–water partition coefficient (Wildman–Crippen LogP) is 1.89. The van der Waals surface area contributed by atoms with Gasteiger partial charge in [0.15, 0.2) is 9.84 Å². The van der Waals surface area contributed by atoms with Gasteiger partial charge in [-0.25, -0.2) is 8.42 Å². The molecule has 2 rings (SSSR count). The topological polar surface area (TPSA) is 175 Å². The van der Waals surface area contributed by atoms with Crippen LogP contribution in [-0.4, -0.2) is 83.7 Å². The molecule has 5 N–H and O–H groups in total. The third-order valence-electron chi connectivity index (χ3n) is 7.21. The molecule has 244 valence electrons. The summed E-state index contributed by atoms with van der Waals surface area (Å²) in [4.78, 5) is 43.7. The monoisotopic (exact) mass is 632 g/mol. The maximum atomic E-state index is 13.7. The molecular weight excluding hydrogens is 584 g/mol. The van der Waals surface area contributed by atoms with Crippen molar-refractivity contribution in [1.82, 2.24) is 20.9 Å². The van der Waals surface area contributed by atoms with Crippen LogP contribution < -0.4 is 16.0 Å². The number of carbonyl (C=O) groups excluding carboxylic acids is 3. The van der Waals surface area contributed by atoms with Gasteiger partial charge in [-0.3, -0.25) is 19.4 Å². The minimum Gasteiger partial charge on any atom is -0.390 e. The molecule has 3 amide bonds. The zero-order chi connectivity index (χ0) is 32.9. The van der Waals surface area contributed by atoms with Gasteiger partial charge in [-0.05, 0) is 42.4 Å². The van der Waals surface area contributed by atoms with Crippen molar-refractivity contribution in [2.24, 2.45) is 17.8 Å². The Bertz CT molecular complexity index is 1290. The number of benzene rings is 1. The molecule has 0 fully saturated rings. The number of hydrogen-bond acceptors (Lipinski definition) is 8. The van der Waals surface area contributed by atoms with E-state index in [0.717, 1.165) is 5.56 Å². The zero-order valence-electron chi connectivity index (χ0n) is 26.3. The van der Waals surface area contributed by atoms with E-state index in [1.165, 1.54) is 12.3 Å². The molecule has 0 bridgehead atoms. The van der Waals surface area contributed by atoms with Crippen LogP contribution in [0, 0.1) is 17.8 Å². The molecule has 0 aliphatic rings. The highest BCUT2D eigenvalue weighted by Crippen LogP contribution is 2.22. The van der Waals surface area contributed by atoms with Crippen LogP contribution in [-0.2, 0) is 25.8 Å². The van der Waals surface area contributed by atoms with E-state index >= 15 is 0 Å². The third kappa shape index (κ3) is 12.0. The summed E-state index contributed by atoms with van der Waals surface area (Å²) in [5.74, 6) is -4.02. The van der Waals surface area contributed by atoms with Gasteiger partial charge in [-0.15, -0.1) is 0 Å². The van der Waals surface area contributed by atoms with Gasteiger partial charge in [0, 0.05) is 12.7 Å². The summed E-state index contributed by atoms with van der Waals surface area (Å²) in [7, 11) is -3.76. The first kappa shape index (κ1) is 36.8. The Labute approximate surface area is 261 Å². The minimum absolute atomic E-state index is 0.000246. The lowest BCUT2D eigenvalue weighted by Gasteiger charge is -2.34. The molecule has 2 aromatic rings. The summed E-state index contributed by atoms with van der Waals surface area (Å²) in [5, 5.41) is 30.8. The molecule has 12 heteroatoms. The average Bonchev–Trinajstić information content (AvgIpc) is 2.98. The smallest absolute Gasteiger partial charge is 0.270 e. The number of nitrogens with one attached hydrogen (secondary N) is 3. The summed E-state index contributed by atoms with van der Waals surface area (Å²) in [6, 6.07) is 10.9. The fourth-order valence-electron chi connectivity index (χ4n) is 4.75. The number of hydrogen-bond donors (Lipinski definition) is 5. The maximum Gasteiger partial charge on any atom is 0.270 e. The number of aromatic nitrogens is 1. The van der Waals surface area contributed by atoms with Gasteiger partial charge >= 0.3 is 0 Å². The third-order valence-corrected chi connectivity index (χ3v) is 8.96. The highest BCUT2D eigenvalue weighted by atomic mass is 32.2. The lowest BCUT2D eigenvalue weighted by molar-refractivity contribution is -0.136. The van der Waals surface area contributed by atoms with Crippen molar-refractivity contribution in [2.45, 2.75) is 78.2 Å². The van der Waals surface area contributed by atoms with Gasteiger partial charge in [0.1, 0.15) is 17.8 Å². The summed E-state index contributed by atoms with van der Waals surface area (Å²) >= 11 is 0. The van der Waals surface area contributed by atoms with Crippen molar-refractivity contribution < 1.29 is 33.0 Å². The molecule has 1 heterocycles. The first-order valence-electron chi connectivity index (χ1n) is 15.2. The number of aliphatic hydroxyl groups is 2. The van der Waals surface area contributed by atoms with Gasteiger partial charge in [-0.1, -0.05) is 77.4 Å². The van der Waals surface area contributed by atoms with Gasteiger partial charge in [-0.2, -0.15) is 0 Å². The van der Waals surface area contributed by atoms with Crippen molar-refractivity contribution in [3.8, 4) is 0 Å². The number of rotatable bonds is 18. The molecule has 0 aliphatic carbocycles. The van der Waals surface area contributed by atoms with E-state index in [0.29, 0.717) is 19.4 Å². The molecular formula is C32H48N4O7S. The van der Waals surface area contributed by atoms with E-state index in [1.54, 1.807) is 56.3 Å². The predicted molar refractivity (Wildman–Crippen MR) is 169 cm³/mol. The Hall–Kier alpha value is -3.35. The normalized spacial score (nSPS) is 15.2. The molecule has 0 spiro atoms. The lowest BCUT2D eigenvalue weighted by Crippen LogP contribution is -2.59. The number of pyridine rings is 1. The number of amides is 3. The van der Waals surface area contributed by atoms with Crippen LogP contribution in [0.15, 0.2) is 54.7 Å². The molecule has 0 saturated carbocycles. The highest BCUT2D eigenvalue weighted by molar-refractivity contribution is 7.91. The van der Waals surface area contributed by atoms with Crippen LogP contribution in [0.3, 0.4) is 0 Å². The van der Waals surface area contributed by atoms with Crippen LogP contribution in [0.2, 0.25) is 0 Å². The standard InChI is InChI=1S/C32H48N4O7S/c1-6-7-17-44(42,43)20-26(36-30(39)24-15-11-12-16-33-24)31(40)35-25(18-23-13-9-8-10-14-23)28(37)29(38)27(22(4)5)32(41)34-19-21(2)3/h8-16,21-22,25-29,37-38H,6-7,17-20H2,1-5H3,(H,34,41)(H,35,40)(H,36,39)/t25-,26?,27+,28+,29+/m0/s1. The van der Waals surface area contributed by atoms with Crippen molar-refractivity contribution >= 4 is 27.6 Å². The molecule has 0 radical (unpaired) electrons. The zero-order valence-corrected chi connectivity index (χ0v) is 27.1. The average molecular weight is 633 g/mol. The first-order valence-corrected chi connectivity index (χ1v) is 17.0. The number of aliphatic hydroxyl groups excluding tert-OH is 2. The largest absolute Gasteiger partial charge is 0.390 e. The summed E-state index contributed by atoms with van der Waals surface area (Å²) in [6.45, 7) is 9.62. The lowest BCUT2D eigenvalue weighted by atomic mass is 9.83. The van der Waals surface area contributed by atoms with Gasteiger partial charge < -0.3 is 26.2 Å². The molecule has 0 saturated heterocycles. The van der Waals surface area contributed by atoms with Crippen LogP contribution in [0.25, 0.3) is 0 Å². The second kappa shape index (κ2) is 17.8. The van der Waals surface area contributed by atoms with Gasteiger partial charge in [0.25, 0.3) is 5.91 Å². The number of nitrogens with zero attached hydrogens (tertiary/aromatic N) is 1. The first-order chi connectivity index (χ1) is 20.8. The second-order valence-electron chi connectivity index (χ2n) is 11.9. The Morgan fingerprint density at radius 1 is 0.886 bits per heavy atom. The number of unbranched alkanes of at least 4 members (excludes halogenated alkanes) is 1. The van der Waals surface area contributed by atoms with Crippen LogP contribution >= 0.6 is 0 Å². The Morgan fingerprint density at radius 3 is 2.11 bits per heavy atom. The van der Waals surface area contributed by atoms with E-state index in [9.17, 15) is 33.0 Å². The summed E-state index contributed by atoms with van der Waals surface area (Å²) in [6.07, 6.45) is -0.695. The maximum absolute atomic E-state index is 13.7. The van der Waals surface area contributed by atoms with E-state index < -0.39 is 63.5 Å². The van der Waals surface area contributed by atoms with E-state index in [1.807, 2.05) is 20.8 Å². The molecule has 11 nitrogen and oxygen atoms in total.